The predicted molar refractivity (Wildman–Crippen MR) is 106 cm³/mol. The van der Waals surface area contributed by atoms with Crippen LogP contribution in [0.15, 0.2) is 0 Å². The third-order valence-corrected chi connectivity index (χ3v) is 4.82. The average molecular weight is 474 g/mol. The van der Waals surface area contributed by atoms with Crippen LogP contribution in [0.25, 0.3) is 0 Å². The number of hydrogen-bond acceptors (Lipinski definition) is 8. The van der Waals surface area contributed by atoms with Crippen LogP contribution in [0.1, 0.15) is 38.5 Å². The molecule has 0 saturated carbocycles. The number of amides is 3. The van der Waals surface area contributed by atoms with Gasteiger partial charge < -0.3 is 41.7 Å². The Morgan fingerprint density at radius 2 is 1.48 bits per heavy atom. The largest absolute Gasteiger partial charge is 0.481 e. The number of carboxylic acid groups (broad SMARTS) is 4. The Morgan fingerprint density at radius 1 is 0.879 bits per heavy atom. The first kappa shape index (κ1) is 27.3. The fourth-order valence-electron chi connectivity index (χ4n) is 3.23. The minimum absolute atomic E-state index is 0.0109. The molecule has 1 heterocycles. The van der Waals surface area contributed by atoms with Gasteiger partial charge in [0.05, 0.1) is 18.9 Å². The van der Waals surface area contributed by atoms with Gasteiger partial charge in [-0.25, -0.2) is 4.79 Å². The summed E-state index contributed by atoms with van der Waals surface area (Å²) in [6, 6.07) is -5.89. The lowest BCUT2D eigenvalue weighted by atomic mass is 10.1. The molecule has 3 amide bonds. The topological polar surface area (TPSA) is 254 Å². The molecule has 0 bridgehead atoms. The Labute approximate surface area is 186 Å². The van der Waals surface area contributed by atoms with Crippen LogP contribution in [0.5, 0.6) is 0 Å². The summed E-state index contributed by atoms with van der Waals surface area (Å²) in [6.45, 7) is 0.0109. The standard InChI is InChI=1S/C18H26N4O11/c19-8(6-13(25)26)15(29)21-10(7-14(27)28)17(31)22-5-1-2-11(22)16(30)20-9(18(32)33)3-4-12(23)24/h8-11H,1-7,19H2,(H,20,30)(H,21,29)(H,23,24)(H,25,26)(H,27,28)(H,32,33). The minimum atomic E-state index is -1.65. The summed E-state index contributed by atoms with van der Waals surface area (Å²) in [4.78, 5) is 82.5. The van der Waals surface area contributed by atoms with Crippen LogP contribution in [-0.4, -0.2) is 97.6 Å². The lowest BCUT2D eigenvalue weighted by Gasteiger charge is -2.29. The number of carbonyl (C=O) groups is 7. The fraction of sp³-hybridized carbons (Fsp3) is 0.611. The minimum Gasteiger partial charge on any atom is -0.481 e. The summed E-state index contributed by atoms with van der Waals surface area (Å²) in [5, 5.41) is 40.0. The van der Waals surface area contributed by atoms with E-state index in [1.54, 1.807) is 0 Å². The molecule has 1 aliphatic rings. The Balaban J connectivity index is 2.95. The van der Waals surface area contributed by atoms with E-state index in [1.807, 2.05) is 0 Å². The maximum atomic E-state index is 12.9. The maximum absolute atomic E-state index is 12.9. The van der Waals surface area contributed by atoms with Crippen LogP contribution >= 0.6 is 0 Å². The van der Waals surface area contributed by atoms with Crippen molar-refractivity contribution in [1.82, 2.24) is 15.5 Å². The lowest BCUT2D eigenvalue weighted by molar-refractivity contribution is -0.147. The number of nitrogens with zero attached hydrogens (tertiary/aromatic N) is 1. The SMILES string of the molecule is NC(CC(=O)O)C(=O)NC(CC(=O)O)C(=O)N1CCCC1C(=O)NC(CCC(=O)O)C(=O)O. The molecule has 0 aromatic heterocycles. The van der Waals surface area contributed by atoms with Gasteiger partial charge in [-0.05, 0) is 19.3 Å². The quantitative estimate of drug-likeness (QED) is 0.143. The number of rotatable bonds is 13. The summed E-state index contributed by atoms with van der Waals surface area (Å²) in [5.41, 5.74) is 5.43. The molecule has 184 valence electrons. The van der Waals surface area contributed by atoms with Gasteiger partial charge in [0.15, 0.2) is 0 Å². The van der Waals surface area contributed by atoms with E-state index in [0.29, 0.717) is 6.42 Å². The number of carbonyl (C=O) groups excluding carboxylic acids is 3. The number of aliphatic carboxylic acids is 4. The van der Waals surface area contributed by atoms with Gasteiger partial charge >= 0.3 is 23.9 Å². The van der Waals surface area contributed by atoms with Crippen LogP contribution in [0.2, 0.25) is 0 Å². The van der Waals surface area contributed by atoms with Gasteiger partial charge in [-0.15, -0.1) is 0 Å². The first-order valence-electron chi connectivity index (χ1n) is 9.88. The summed E-state index contributed by atoms with van der Waals surface area (Å²) >= 11 is 0. The molecule has 0 aromatic rings. The second-order valence-electron chi connectivity index (χ2n) is 7.38. The zero-order chi connectivity index (χ0) is 25.3. The second-order valence-corrected chi connectivity index (χ2v) is 7.38. The first-order valence-corrected chi connectivity index (χ1v) is 9.88. The fourth-order valence-corrected chi connectivity index (χ4v) is 3.23. The normalized spacial score (nSPS) is 18.0. The van der Waals surface area contributed by atoms with E-state index in [9.17, 15) is 38.7 Å². The molecule has 33 heavy (non-hydrogen) atoms. The number of hydrogen-bond donors (Lipinski definition) is 7. The molecular weight excluding hydrogens is 448 g/mol. The zero-order valence-corrected chi connectivity index (χ0v) is 17.4. The Bertz CT molecular complexity index is 815. The number of nitrogens with one attached hydrogen (secondary N) is 2. The monoisotopic (exact) mass is 474 g/mol. The van der Waals surface area contributed by atoms with Gasteiger partial charge in [0.1, 0.15) is 18.1 Å². The molecule has 15 heteroatoms. The van der Waals surface area contributed by atoms with Crippen molar-refractivity contribution >= 4 is 41.6 Å². The molecule has 0 aromatic carbocycles. The number of carboxylic acids is 4. The molecule has 1 saturated heterocycles. The highest BCUT2D eigenvalue weighted by Crippen LogP contribution is 2.20. The smallest absolute Gasteiger partial charge is 0.326 e. The van der Waals surface area contributed by atoms with Gasteiger partial charge in [-0.2, -0.15) is 0 Å². The van der Waals surface area contributed by atoms with E-state index in [4.69, 9.17) is 21.1 Å². The summed E-state index contributed by atoms with van der Waals surface area (Å²) in [7, 11) is 0. The molecule has 4 atom stereocenters. The number of nitrogens with two attached hydrogens (primary N) is 1. The molecule has 0 spiro atoms. The zero-order valence-electron chi connectivity index (χ0n) is 17.4. The molecular formula is C18H26N4O11. The van der Waals surface area contributed by atoms with E-state index < -0.39 is 91.4 Å². The van der Waals surface area contributed by atoms with Crippen LogP contribution in [0, 0.1) is 0 Å². The predicted octanol–water partition coefficient (Wildman–Crippen LogP) is -2.83. The van der Waals surface area contributed by atoms with Crippen molar-refractivity contribution < 1.29 is 54.0 Å². The van der Waals surface area contributed by atoms with E-state index in [2.05, 4.69) is 10.6 Å². The molecule has 0 radical (unpaired) electrons. The highest BCUT2D eigenvalue weighted by Gasteiger charge is 2.39. The van der Waals surface area contributed by atoms with Gasteiger partial charge in [-0.1, -0.05) is 0 Å². The average Bonchev–Trinajstić information content (AvgIpc) is 3.18. The van der Waals surface area contributed by atoms with Crippen molar-refractivity contribution in [2.24, 2.45) is 5.73 Å². The second kappa shape index (κ2) is 12.3. The molecule has 1 aliphatic heterocycles. The van der Waals surface area contributed by atoms with Crippen molar-refractivity contribution in [3.8, 4) is 0 Å². The van der Waals surface area contributed by atoms with Crippen LogP contribution < -0.4 is 16.4 Å². The molecule has 8 N–H and O–H groups in total. The Hall–Kier alpha value is -3.75. The van der Waals surface area contributed by atoms with Crippen molar-refractivity contribution in [3.63, 3.8) is 0 Å². The molecule has 1 fully saturated rings. The van der Waals surface area contributed by atoms with E-state index in [1.165, 1.54) is 0 Å². The Kier molecular flexibility index (Phi) is 10.2. The molecule has 15 nitrogen and oxygen atoms in total. The van der Waals surface area contributed by atoms with Crippen molar-refractivity contribution in [2.75, 3.05) is 6.54 Å². The van der Waals surface area contributed by atoms with Gasteiger partial charge in [0, 0.05) is 13.0 Å². The summed E-state index contributed by atoms with van der Waals surface area (Å²) in [5.74, 6) is -8.46. The maximum Gasteiger partial charge on any atom is 0.326 e. The highest BCUT2D eigenvalue weighted by atomic mass is 16.4. The first-order chi connectivity index (χ1) is 15.3. The van der Waals surface area contributed by atoms with Crippen molar-refractivity contribution in [3.05, 3.63) is 0 Å². The van der Waals surface area contributed by atoms with E-state index in [-0.39, 0.29) is 13.0 Å². The van der Waals surface area contributed by atoms with Crippen LogP contribution in [0.4, 0.5) is 0 Å². The third kappa shape index (κ3) is 8.72. The van der Waals surface area contributed by atoms with Crippen LogP contribution in [-0.2, 0) is 33.6 Å². The van der Waals surface area contributed by atoms with Gasteiger partial charge in [0.2, 0.25) is 17.7 Å². The van der Waals surface area contributed by atoms with E-state index in [0.717, 1.165) is 4.90 Å². The highest BCUT2D eigenvalue weighted by molar-refractivity contribution is 5.96. The molecule has 4 unspecified atom stereocenters. The lowest BCUT2D eigenvalue weighted by Crippen LogP contribution is -2.57. The summed E-state index contributed by atoms with van der Waals surface area (Å²) in [6.07, 6.45) is -2.10. The van der Waals surface area contributed by atoms with E-state index >= 15 is 0 Å². The van der Waals surface area contributed by atoms with Gasteiger partial charge in [0.25, 0.3) is 0 Å². The van der Waals surface area contributed by atoms with Crippen molar-refractivity contribution in [1.29, 1.82) is 0 Å². The molecule has 0 aliphatic carbocycles. The van der Waals surface area contributed by atoms with Crippen LogP contribution in [0.3, 0.4) is 0 Å². The number of likely N-dealkylation sites (tertiary alicyclic amines) is 1. The summed E-state index contributed by atoms with van der Waals surface area (Å²) < 4.78 is 0. The van der Waals surface area contributed by atoms with Gasteiger partial charge in [-0.3, -0.25) is 28.8 Å². The molecule has 1 rings (SSSR count). The third-order valence-electron chi connectivity index (χ3n) is 4.82. The Morgan fingerprint density at radius 3 is 2.00 bits per heavy atom. The van der Waals surface area contributed by atoms with Crippen molar-refractivity contribution in [2.45, 2.75) is 62.7 Å².